The second-order valence-corrected chi connectivity index (χ2v) is 5.20. The first-order valence-electron chi connectivity index (χ1n) is 5.99. The van der Waals surface area contributed by atoms with Gasteiger partial charge in [-0.2, -0.15) is 0 Å². The van der Waals surface area contributed by atoms with E-state index in [1.165, 1.54) is 6.20 Å². The minimum absolute atomic E-state index is 0.145. The van der Waals surface area contributed by atoms with Crippen LogP contribution in [0.25, 0.3) is 0 Å². The second kappa shape index (κ2) is 6.28. The van der Waals surface area contributed by atoms with Crippen molar-refractivity contribution in [2.24, 2.45) is 0 Å². The third-order valence-corrected chi connectivity index (χ3v) is 3.46. The number of benzene rings is 1. The lowest BCUT2D eigenvalue weighted by molar-refractivity contribution is 0.0692. The smallest absolute Gasteiger partial charge is 0.338 e. The molecule has 21 heavy (non-hydrogen) atoms. The summed E-state index contributed by atoms with van der Waals surface area (Å²) in [6.45, 7) is 1.75. The number of carbonyl (C=O) groups is 1. The van der Waals surface area contributed by atoms with Crippen molar-refractivity contribution in [1.29, 1.82) is 0 Å². The molecule has 2 rings (SSSR count). The molecule has 7 heteroatoms. The molecule has 4 nitrogen and oxygen atoms in total. The summed E-state index contributed by atoms with van der Waals surface area (Å²) in [6, 6.07) is 5.68. The summed E-state index contributed by atoms with van der Waals surface area (Å²) in [5.74, 6) is -2.41. The van der Waals surface area contributed by atoms with Gasteiger partial charge in [0.15, 0.2) is 11.6 Å². The van der Waals surface area contributed by atoms with Crippen LogP contribution in [-0.2, 0) is 0 Å². The maximum absolute atomic E-state index is 14.0. The Kier molecular flexibility index (Phi) is 4.65. The van der Waals surface area contributed by atoms with Gasteiger partial charge in [0.25, 0.3) is 0 Å². The van der Waals surface area contributed by atoms with Crippen LogP contribution in [0, 0.1) is 5.82 Å². The quantitative estimate of drug-likeness (QED) is 0.873. The first-order valence-corrected chi connectivity index (χ1v) is 6.75. The summed E-state index contributed by atoms with van der Waals surface area (Å²) in [7, 11) is 0. The van der Waals surface area contributed by atoms with Gasteiger partial charge >= 0.3 is 5.97 Å². The highest BCUT2D eigenvalue weighted by atomic mass is 35.5. The molecule has 1 aromatic heterocycles. The van der Waals surface area contributed by atoms with Gasteiger partial charge in [-0.3, -0.25) is 0 Å². The Morgan fingerprint density at radius 2 is 2.10 bits per heavy atom. The number of aromatic carboxylic acids is 1. The monoisotopic (exact) mass is 328 g/mol. The minimum Gasteiger partial charge on any atom is -0.478 e. The number of aromatic nitrogens is 1. The van der Waals surface area contributed by atoms with Crippen LogP contribution in [0.3, 0.4) is 0 Å². The number of carboxylic acids is 1. The second-order valence-electron chi connectivity index (χ2n) is 4.36. The van der Waals surface area contributed by atoms with Crippen LogP contribution in [-0.4, -0.2) is 16.1 Å². The predicted molar refractivity (Wildman–Crippen MR) is 79.7 cm³/mol. The van der Waals surface area contributed by atoms with Gasteiger partial charge in [-0.15, -0.1) is 0 Å². The van der Waals surface area contributed by atoms with Crippen molar-refractivity contribution in [2.45, 2.75) is 13.0 Å². The van der Waals surface area contributed by atoms with Gasteiger partial charge in [0.1, 0.15) is 5.56 Å². The zero-order valence-electron chi connectivity index (χ0n) is 10.9. The average molecular weight is 329 g/mol. The van der Waals surface area contributed by atoms with Crippen molar-refractivity contribution in [3.63, 3.8) is 0 Å². The van der Waals surface area contributed by atoms with Gasteiger partial charge in [-0.05, 0) is 30.7 Å². The molecule has 0 saturated carbocycles. The van der Waals surface area contributed by atoms with Crippen molar-refractivity contribution < 1.29 is 14.3 Å². The average Bonchev–Trinajstić information content (AvgIpc) is 2.40. The molecule has 0 bridgehead atoms. The first kappa shape index (κ1) is 15.5. The topological polar surface area (TPSA) is 62.2 Å². The summed E-state index contributed by atoms with van der Waals surface area (Å²) in [6.07, 6.45) is 1.23. The van der Waals surface area contributed by atoms with E-state index >= 15 is 0 Å². The van der Waals surface area contributed by atoms with Gasteiger partial charge in [-0.1, -0.05) is 29.3 Å². The Bertz CT molecular complexity index is 695. The number of hydrogen-bond acceptors (Lipinski definition) is 3. The third kappa shape index (κ3) is 3.43. The zero-order valence-corrected chi connectivity index (χ0v) is 12.4. The van der Waals surface area contributed by atoms with Crippen molar-refractivity contribution in [1.82, 2.24) is 4.98 Å². The van der Waals surface area contributed by atoms with Crippen LogP contribution in [0.1, 0.15) is 28.9 Å². The fraction of sp³-hybridized carbons (Fsp3) is 0.143. The summed E-state index contributed by atoms with van der Waals surface area (Å²) >= 11 is 11.9. The Labute approximate surface area is 130 Å². The van der Waals surface area contributed by atoms with E-state index in [0.29, 0.717) is 15.6 Å². The normalized spacial score (nSPS) is 12.0. The van der Waals surface area contributed by atoms with Gasteiger partial charge in [0, 0.05) is 16.2 Å². The van der Waals surface area contributed by atoms with Gasteiger partial charge in [0.05, 0.1) is 6.04 Å². The lowest BCUT2D eigenvalue weighted by Gasteiger charge is -2.17. The number of nitrogens with zero attached hydrogens (tertiary/aromatic N) is 1. The van der Waals surface area contributed by atoms with Crippen molar-refractivity contribution in [3.05, 3.63) is 57.5 Å². The maximum Gasteiger partial charge on any atom is 0.338 e. The summed E-state index contributed by atoms with van der Waals surface area (Å²) in [5, 5.41) is 12.6. The highest BCUT2D eigenvalue weighted by Crippen LogP contribution is 2.29. The Balaban J connectivity index is 2.29. The van der Waals surface area contributed by atoms with E-state index < -0.39 is 17.3 Å². The van der Waals surface area contributed by atoms with Gasteiger partial charge in [-0.25, -0.2) is 14.2 Å². The van der Waals surface area contributed by atoms with Crippen LogP contribution >= 0.6 is 23.2 Å². The molecule has 2 N–H and O–H groups in total. The third-order valence-electron chi connectivity index (χ3n) is 2.90. The van der Waals surface area contributed by atoms with E-state index in [0.717, 1.165) is 6.07 Å². The number of pyridine rings is 1. The summed E-state index contributed by atoms with van der Waals surface area (Å²) in [4.78, 5) is 14.7. The lowest BCUT2D eigenvalue weighted by atomic mass is 10.1. The number of carboxylic acid groups (broad SMARTS) is 1. The maximum atomic E-state index is 14.0. The predicted octanol–water partition coefficient (Wildman–Crippen LogP) is 4.40. The fourth-order valence-electron chi connectivity index (χ4n) is 1.85. The molecule has 110 valence electrons. The highest BCUT2D eigenvalue weighted by Gasteiger charge is 2.18. The summed E-state index contributed by atoms with van der Waals surface area (Å²) < 4.78 is 14.0. The molecule has 1 atom stereocenters. The van der Waals surface area contributed by atoms with Crippen LogP contribution < -0.4 is 5.32 Å². The molecule has 0 fully saturated rings. The first-order chi connectivity index (χ1) is 9.90. The standard InChI is InChI=1S/C14H11Cl2FN2O2/c1-7(9-3-2-8(15)6-11(9)16)19-13-12(17)10(14(20)21)4-5-18-13/h2-7H,1H3,(H,18,19)(H,20,21). The van der Waals surface area contributed by atoms with Crippen molar-refractivity contribution in [3.8, 4) is 0 Å². The van der Waals surface area contributed by atoms with Crippen molar-refractivity contribution >= 4 is 35.0 Å². The molecule has 1 aromatic carbocycles. The number of anilines is 1. The lowest BCUT2D eigenvalue weighted by Crippen LogP contribution is -2.12. The van der Waals surface area contributed by atoms with Crippen molar-refractivity contribution in [2.75, 3.05) is 5.32 Å². The van der Waals surface area contributed by atoms with Crippen LogP contribution in [0.4, 0.5) is 10.2 Å². The molecule has 0 aliphatic rings. The zero-order chi connectivity index (χ0) is 15.6. The Hall–Kier alpha value is -1.85. The molecular weight excluding hydrogens is 318 g/mol. The van der Waals surface area contributed by atoms with Gasteiger partial charge < -0.3 is 10.4 Å². The molecule has 0 aliphatic carbocycles. The van der Waals surface area contributed by atoms with E-state index in [-0.39, 0.29) is 11.9 Å². The van der Waals surface area contributed by atoms with E-state index in [1.54, 1.807) is 25.1 Å². The molecular formula is C14H11Cl2FN2O2. The van der Waals surface area contributed by atoms with E-state index in [9.17, 15) is 9.18 Å². The highest BCUT2D eigenvalue weighted by molar-refractivity contribution is 6.35. The molecule has 1 unspecified atom stereocenters. The van der Waals surface area contributed by atoms with E-state index in [2.05, 4.69) is 10.3 Å². The Morgan fingerprint density at radius 3 is 2.71 bits per heavy atom. The molecule has 0 saturated heterocycles. The molecule has 0 spiro atoms. The SMILES string of the molecule is CC(Nc1nccc(C(=O)O)c1F)c1ccc(Cl)cc1Cl. The molecule has 0 radical (unpaired) electrons. The fourth-order valence-corrected chi connectivity index (χ4v) is 2.42. The van der Waals surface area contributed by atoms with Crippen LogP contribution in [0.5, 0.6) is 0 Å². The number of hydrogen-bond donors (Lipinski definition) is 2. The van der Waals surface area contributed by atoms with Gasteiger partial charge in [0.2, 0.25) is 0 Å². The van der Waals surface area contributed by atoms with Crippen LogP contribution in [0.2, 0.25) is 10.0 Å². The number of nitrogens with one attached hydrogen (secondary N) is 1. The van der Waals surface area contributed by atoms with Crippen LogP contribution in [0.15, 0.2) is 30.5 Å². The summed E-state index contributed by atoms with van der Waals surface area (Å²) in [5.41, 5.74) is 0.255. The minimum atomic E-state index is -1.35. The largest absolute Gasteiger partial charge is 0.478 e. The number of rotatable bonds is 4. The molecule has 0 aliphatic heterocycles. The Morgan fingerprint density at radius 1 is 1.38 bits per heavy atom. The molecule has 2 aromatic rings. The van der Waals surface area contributed by atoms with E-state index in [1.807, 2.05) is 0 Å². The molecule has 0 amide bonds. The number of halogens is 3. The van der Waals surface area contributed by atoms with E-state index in [4.69, 9.17) is 28.3 Å². The molecule has 1 heterocycles.